The van der Waals surface area contributed by atoms with Crippen molar-refractivity contribution in [1.29, 1.82) is 0 Å². The second-order valence-electron chi connectivity index (χ2n) is 2.29. The van der Waals surface area contributed by atoms with Gasteiger partial charge in [-0.3, -0.25) is 4.68 Å². The van der Waals surface area contributed by atoms with E-state index in [0.29, 0.717) is 5.69 Å². The topological polar surface area (TPSA) is 64.1 Å². The van der Waals surface area contributed by atoms with Gasteiger partial charge in [-0.2, -0.15) is 5.10 Å². The summed E-state index contributed by atoms with van der Waals surface area (Å²) in [4.78, 5) is 0. The highest BCUT2D eigenvalue weighted by atomic mass is 16.3. The third-order valence-electron chi connectivity index (χ3n) is 1.34. The van der Waals surface area contributed by atoms with E-state index in [1.807, 2.05) is 6.92 Å². The Hall–Kier alpha value is -1.03. The minimum atomic E-state index is 0.0114. The largest absolute Gasteiger partial charge is 0.396 e. The first-order chi connectivity index (χ1) is 4.74. The molecule has 3 N–H and O–H groups in total. The van der Waals surface area contributed by atoms with Crippen molar-refractivity contribution in [3.63, 3.8) is 0 Å². The summed E-state index contributed by atoms with van der Waals surface area (Å²) < 4.78 is 1.63. The molecule has 0 fully saturated rings. The minimum Gasteiger partial charge on any atom is -0.396 e. The van der Waals surface area contributed by atoms with Gasteiger partial charge in [0.25, 0.3) is 0 Å². The van der Waals surface area contributed by atoms with E-state index in [2.05, 4.69) is 5.10 Å². The predicted molar refractivity (Wildman–Crippen MR) is 38.4 cm³/mol. The molecule has 1 aromatic rings. The van der Waals surface area contributed by atoms with E-state index in [-0.39, 0.29) is 12.6 Å². The van der Waals surface area contributed by atoms with E-state index in [1.54, 1.807) is 17.1 Å². The predicted octanol–water partition coefficient (Wildman–Crippen LogP) is 0.0186. The SMILES string of the molecule is C[C@@H](CO)n1cc(N)cn1. The van der Waals surface area contributed by atoms with Crippen LogP contribution in [0.3, 0.4) is 0 Å². The van der Waals surface area contributed by atoms with Crippen molar-refractivity contribution in [1.82, 2.24) is 9.78 Å². The van der Waals surface area contributed by atoms with Gasteiger partial charge in [0, 0.05) is 6.20 Å². The third kappa shape index (κ3) is 1.27. The molecule has 0 aliphatic rings. The number of aliphatic hydroxyl groups excluding tert-OH is 1. The lowest BCUT2D eigenvalue weighted by Crippen LogP contribution is -2.09. The van der Waals surface area contributed by atoms with E-state index in [1.165, 1.54) is 0 Å². The van der Waals surface area contributed by atoms with Crippen molar-refractivity contribution >= 4 is 5.69 Å². The number of aromatic nitrogens is 2. The number of aliphatic hydroxyl groups is 1. The summed E-state index contributed by atoms with van der Waals surface area (Å²) in [5.41, 5.74) is 6.03. The van der Waals surface area contributed by atoms with Gasteiger partial charge in [0.2, 0.25) is 0 Å². The van der Waals surface area contributed by atoms with Crippen LogP contribution in [0.4, 0.5) is 5.69 Å². The van der Waals surface area contributed by atoms with Crippen molar-refractivity contribution in [2.24, 2.45) is 0 Å². The maximum absolute atomic E-state index is 8.70. The molecule has 0 radical (unpaired) electrons. The highest BCUT2D eigenvalue weighted by molar-refractivity contribution is 5.30. The van der Waals surface area contributed by atoms with E-state index in [9.17, 15) is 0 Å². The number of anilines is 1. The molecule has 0 bridgehead atoms. The molecule has 0 aliphatic heterocycles. The molecule has 0 unspecified atom stereocenters. The second-order valence-corrected chi connectivity index (χ2v) is 2.29. The summed E-state index contributed by atoms with van der Waals surface area (Å²) in [7, 11) is 0. The molecular weight excluding hydrogens is 130 g/mol. The lowest BCUT2D eigenvalue weighted by atomic mass is 10.4. The van der Waals surface area contributed by atoms with Crippen LogP contribution in [0, 0.1) is 0 Å². The van der Waals surface area contributed by atoms with Gasteiger partial charge in [0.15, 0.2) is 0 Å². The maximum atomic E-state index is 8.70. The normalized spacial score (nSPS) is 13.4. The standard InChI is InChI=1S/C6H11N3O/c1-5(4-10)9-3-6(7)2-8-9/h2-3,5,10H,4,7H2,1H3/t5-/m0/s1. The zero-order valence-corrected chi connectivity index (χ0v) is 5.86. The Labute approximate surface area is 59.3 Å². The van der Waals surface area contributed by atoms with Crippen molar-refractivity contribution in [3.05, 3.63) is 12.4 Å². The molecule has 4 nitrogen and oxygen atoms in total. The number of rotatable bonds is 2. The van der Waals surface area contributed by atoms with E-state index < -0.39 is 0 Å². The van der Waals surface area contributed by atoms with Crippen LogP contribution >= 0.6 is 0 Å². The molecule has 1 heterocycles. The quantitative estimate of drug-likeness (QED) is 0.610. The van der Waals surface area contributed by atoms with E-state index in [0.717, 1.165) is 0 Å². The molecule has 0 saturated carbocycles. The van der Waals surface area contributed by atoms with Crippen molar-refractivity contribution in [3.8, 4) is 0 Å². The zero-order chi connectivity index (χ0) is 7.56. The molecule has 4 heteroatoms. The molecule has 1 atom stereocenters. The highest BCUT2D eigenvalue weighted by Gasteiger charge is 2.01. The molecule has 0 spiro atoms. The molecule has 0 amide bonds. The summed E-state index contributed by atoms with van der Waals surface area (Å²) in [6.07, 6.45) is 3.26. The Morgan fingerprint density at radius 1 is 1.90 bits per heavy atom. The molecule has 1 aromatic heterocycles. The van der Waals surface area contributed by atoms with Crippen molar-refractivity contribution < 1.29 is 5.11 Å². The second kappa shape index (κ2) is 2.70. The fourth-order valence-corrected chi connectivity index (χ4v) is 0.677. The zero-order valence-electron chi connectivity index (χ0n) is 5.86. The van der Waals surface area contributed by atoms with Crippen LogP contribution in [0.1, 0.15) is 13.0 Å². The van der Waals surface area contributed by atoms with E-state index in [4.69, 9.17) is 10.8 Å². The van der Waals surface area contributed by atoms with E-state index >= 15 is 0 Å². The Morgan fingerprint density at radius 2 is 2.60 bits per heavy atom. The minimum absolute atomic E-state index is 0.0114. The Bertz CT molecular complexity index is 209. The highest BCUT2D eigenvalue weighted by Crippen LogP contribution is 2.05. The fraction of sp³-hybridized carbons (Fsp3) is 0.500. The van der Waals surface area contributed by atoms with Gasteiger partial charge >= 0.3 is 0 Å². The summed E-state index contributed by atoms with van der Waals surface area (Å²) in [6, 6.07) is 0.0114. The van der Waals surface area contributed by atoms with Gasteiger partial charge in [-0.1, -0.05) is 0 Å². The van der Waals surface area contributed by atoms with Crippen LogP contribution in [0.25, 0.3) is 0 Å². The summed E-state index contributed by atoms with van der Waals surface area (Å²) in [5, 5.41) is 12.6. The summed E-state index contributed by atoms with van der Waals surface area (Å²) in [5.74, 6) is 0. The van der Waals surface area contributed by atoms with Crippen LogP contribution in [0.5, 0.6) is 0 Å². The summed E-state index contributed by atoms with van der Waals surface area (Å²) >= 11 is 0. The smallest absolute Gasteiger partial charge is 0.0722 e. The fourth-order valence-electron chi connectivity index (χ4n) is 0.677. The number of nitrogens with two attached hydrogens (primary N) is 1. The third-order valence-corrected chi connectivity index (χ3v) is 1.34. The first kappa shape index (κ1) is 7.08. The first-order valence-electron chi connectivity index (χ1n) is 3.14. The van der Waals surface area contributed by atoms with Crippen molar-refractivity contribution in [2.75, 3.05) is 12.3 Å². The van der Waals surface area contributed by atoms with Crippen LogP contribution in [0.2, 0.25) is 0 Å². The number of nitrogens with zero attached hydrogens (tertiary/aromatic N) is 2. The van der Waals surface area contributed by atoms with Crippen LogP contribution in [-0.4, -0.2) is 21.5 Å². The molecule has 10 heavy (non-hydrogen) atoms. The van der Waals surface area contributed by atoms with Gasteiger partial charge < -0.3 is 10.8 Å². The van der Waals surface area contributed by atoms with Gasteiger partial charge in [0.1, 0.15) is 0 Å². The Balaban J connectivity index is 2.74. The van der Waals surface area contributed by atoms with Gasteiger partial charge in [0.05, 0.1) is 24.5 Å². The van der Waals surface area contributed by atoms with Gasteiger partial charge in [-0.15, -0.1) is 0 Å². The molecule has 0 saturated heterocycles. The van der Waals surface area contributed by atoms with Crippen LogP contribution in [-0.2, 0) is 0 Å². The number of nitrogen functional groups attached to an aromatic ring is 1. The number of hydrogen-bond acceptors (Lipinski definition) is 3. The molecule has 0 aliphatic carbocycles. The monoisotopic (exact) mass is 141 g/mol. The number of hydrogen-bond donors (Lipinski definition) is 2. The molecule has 1 rings (SSSR count). The Morgan fingerprint density at radius 3 is 3.00 bits per heavy atom. The van der Waals surface area contributed by atoms with Gasteiger partial charge in [-0.05, 0) is 6.92 Å². The first-order valence-corrected chi connectivity index (χ1v) is 3.14. The average molecular weight is 141 g/mol. The van der Waals surface area contributed by atoms with Crippen molar-refractivity contribution in [2.45, 2.75) is 13.0 Å². The summed E-state index contributed by atoms with van der Waals surface area (Å²) in [6.45, 7) is 1.95. The lowest BCUT2D eigenvalue weighted by molar-refractivity contribution is 0.230. The van der Waals surface area contributed by atoms with Crippen LogP contribution in [0.15, 0.2) is 12.4 Å². The van der Waals surface area contributed by atoms with Gasteiger partial charge in [-0.25, -0.2) is 0 Å². The average Bonchev–Trinajstić information content (AvgIpc) is 2.34. The Kier molecular flexibility index (Phi) is 1.91. The molecule has 56 valence electrons. The molecular formula is C6H11N3O. The lowest BCUT2D eigenvalue weighted by Gasteiger charge is -2.06. The van der Waals surface area contributed by atoms with Crippen LogP contribution < -0.4 is 5.73 Å². The maximum Gasteiger partial charge on any atom is 0.0722 e. The molecule has 0 aromatic carbocycles.